The van der Waals surface area contributed by atoms with Crippen LogP contribution in [-0.2, 0) is 6.42 Å². The maximum atomic E-state index is 4.20. The summed E-state index contributed by atoms with van der Waals surface area (Å²) in [6, 6.07) is 10.4. The van der Waals surface area contributed by atoms with Gasteiger partial charge in [-0.2, -0.15) is 0 Å². The third kappa shape index (κ3) is 1.63. The van der Waals surface area contributed by atoms with Crippen molar-refractivity contribution in [2.24, 2.45) is 0 Å². The maximum absolute atomic E-state index is 4.20. The Kier molecular flexibility index (Phi) is 2.41. The first-order chi connectivity index (χ1) is 6.42. The Labute approximate surface area is 82.1 Å². The van der Waals surface area contributed by atoms with E-state index in [0.717, 1.165) is 12.1 Å². The van der Waals surface area contributed by atoms with Crippen LogP contribution in [-0.4, -0.2) is 4.98 Å². The minimum absolute atomic E-state index is 0.976. The molecule has 2 rings (SSSR count). The predicted molar refractivity (Wildman–Crippen MR) is 55.8 cm³/mol. The van der Waals surface area contributed by atoms with Gasteiger partial charge in [-0.15, -0.1) is 11.3 Å². The van der Waals surface area contributed by atoms with Crippen LogP contribution in [0.4, 0.5) is 0 Å². The number of rotatable bonds is 2. The van der Waals surface area contributed by atoms with Gasteiger partial charge >= 0.3 is 0 Å². The van der Waals surface area contributed by atoms with Gasteiger partial charge in [0.05, 0.1) is 10.6 Å². The number of thiazole rings is 1. The average molecular weight is 188 g/mol. The molecule has 1 radical (unpaired) electrons. The number of aryl methyl sites for hydroxylation is 1. The highest BCUT2D eigenvalue weighted by atomic mass is 32.1. The fourth-order valence-electron chi connectivity index (χ4n) is 1.29. The minimum Gasteiger partial charge on any atom is -0.238 e. The van der Waals surface area contributed by atoms with Gasteiger partial charge in [0, 0.05) is 0 Å². The molecule has 65 valence electrons. The van der Waals surface area contributed by atoms with Crippen LogP contribution in [0.15, 0.2) is 30.3 Å². The topological polar surface area (TPSA) is 12.9 Å². The quantitative estimate of drug-likeness (QED) is 0.705. The monoisotopic (exact) mass is 188 g/mol. The third-order valence-electron chi connectivity index (χ3n) is 1.96. The Bertz CT molecular complexity index is 378. The number of benzene rings is 1. The fraction of sp³-hybridized carbons (Fsp3) is 0.182. The van der Waals surface area contributed by atoms with Crippen molar-refractivity contribution in [3.05, 3.63) is 41.5 Å². The van der Waals surface area contributed by atoms with E-state index in [1.165, 1.54) is 10.4 Å². The molecule has 0 aliphatic rings. The van der Waals surface area contributed by atoms with E-state index in [-0.39, 0.29) is 0 Å². The van der Waals surface area contributed by atoms with E-state index in [0.29, 0.717) is 0 Å². The van der Waals surface area contributed by atoms with Crippen molar-refractivity contribution in [2.75, 3.05) is 0 Å². The van der Waals surface area contributed by atoms with Crippen LogP contribution < -0.4 is 0 Å². The number of hydrogen-bond acceptors (Lipinski definition) is 2. The molecule has 1 aromatic heterocycles. The van der Waals surface area contributed by atoms with E-state index in [2.05, 4.69) is 41.7 Å². The molecule has 0 atom stereocenters. The van der Waals surface area contributed by atoms with Crippen LogP contribution in [0, 0.1) is 5.51 Å². The van der Waals surface area contributed by atoms with Crippen LogP contribution >= 0.6 is 11.3 Å². The molecule has 0 saturated carbocycles. The summed E-state index contributed by atoms with van der Waals surface area (Å²) in [6.07, 6.45) is 0.976. The molecule has 13 heavy (non-hydrogen) atoms. The van der Waals surface area contributed by atoms with E-state index < -0.39 is 0 Å². The normalized spacial score (nSPS) is 10.2. The van der Waals surface area contributed by atoms with Gasteiger partial charge in [0.1, 0.15) is 0 Å². The van der Waals surface area contributed by atoms with E-state index in [9.17, 15) is 0 Å². The van der Waals surface area contributed by atoms with Gasteiger partial charge < -0.3 is 0 Å². The molecular formula is C11H10NS. The van der Waals surface area contributed by atoms with Crippen LogP contribution in [0.5, 0.6) is 0 Å². The summed E-state index contributed by atoms with van der Waals surface area (Å²) in [6.45, 7) is 2.12. The van der Waals surface area contributed by atoms with Gasteiger partial charge in [0.2, 0.25) is 0 Å². The highest BCUT2D eigenvalue weighted by Crippen LogP contribution is 2.26. The molecule has 0 amide bonds. The summed E-state index contributed by atoms with van der Waals surface area (Å²) in [5, 5.41) is 0. The molecule has 1 heterocycles. The van der Waals surface area contributed by atoms with Crippen molar-refractivity contribution in [2.45, 2.75) is 13.3 Å². The highest BCUT2D eigenvalue weighted by molar-refractivity contribution is 7.13. The second kappa shape index (κ2) is 3.71. The first kappa shape index (κ1) is 8.45. The molecule has 0 bridgehead atoms. The van der Waals surface area contributed by atoms with Crippen LogP contribution in [0.25, 0.3) is 10.4 Å². The third-order valence-corrected chi connectivity index (χ3v) is 2.82. The van der Waals surface area contributed by atoms with Gasteiger partial charge in [-0.05, 0) is 12.0 Å². The lowest BCUT2D eigenvalue weighted by atomic mass is 10.1. The second-order valence-electron chi connectivity index (χ2n) is 2.80. The minimum atomic E-state index is 0.976. The van der Waals surface area contributed by atoms with Gasteiger partial charge in [-0.3, -0.25) is 0 Å². The summed E-state index contributed by atoms with van der Waals surface area (Å²) in [4.78, 5) is 5.46. The molecule has 0 saturated heterocycles. The molecule has 1 aromatic carbocycles. The van der Waals surface area contributed by atoms with Gasteiger partial charge in [-0.25, -0.2) is 4.98 Å². The first-order valence-electron chi connectivity index (χ1n) is 4.33. The molecule has 0 unspecified atom stereocenters. The van der Waals surface area contributed by atoms with E-state index in [4.69, 9.17) is 0 Å². The number of hydrogen-bond donors (Lipinski definition) is 0. The van der Waals surface area contributed by atoms with E-state index >= 15 is 0 Å². The largest absolute Gasteiger partial charge is 0.238 e. The Balaban J connectivity index is 2.47. The van der Waals surface area contributed by atoms with Gasteiger partial charge in [0.25, 0.3) is 0 Å². The first-order valence-corrected chi connectivity index (χ1v) is 5.14. The summed E-state index contributed by atoms with van der Waals surface area (Å²) < 4.78 is 0. The SMILES string of the molecule is CCc1n[c]sc1-c1ccccc1. The second-order valence-corrected chi connectivity index (χ2v) is 3.60. The average Bonchev–Trinajstić information content (AvgIpc) is 2.67. The van der Waals surface area contributed by atoms with Crippen LogP contribution in [0.2, 0.25) is 0 Å². The molecule has 2 aromatic rings. The summed E-state index contributed by atoms with van der Waals surface area (Å²) in [7, 11) is 0. The molecular weight excluding hydrogens is 178 g/mol. The molecule has 0 N–H and O–H groups in total. The van der Waals surface area contributed by atoms with Gasteiger partial charge in [-0.1, -0.05) is 37.3 Å². The molecule has 0 fully saturated rings. The molecule has 2 heteroatoms. The fourth-order valence-corrected chi connectivity index (χ4v) is 2.10. The Hall–Kier alpha value is -1.15. The summed E-state index contributed by atoms with van der Waals surface area (Å²) in [5.41, 5.74) is 5.34. The maximum Gasteiger partial charge on any atom is 0.153 e. The zero-order valence-electron chi connectivity index (χ0n) is 7.45. The summed E-state index contributed by atoms with van der Waals surface area (Å²) >= 11 is 1.59. The lowest BCUT2D eigenvalue weighted by molar-refractivity contribution is 1.06. The smallest absolute Gasteiger partial charge is 0.153 e. The van der Waals surface area contributed by atoms with Crippen molar-refractivity contribution < 1.29 is 0 Å². The standard InChI is InChI=1S/C11H10NS/c1-2-10-11(13-8-12-10)9-6-4-3-5-7-9/h3-7H,2H2,1H3. The lowest BCUT2D eigenvalue weighted by Gasteiger charge is -1.98. The van der Waals surface area contributed by atoms with Crippen LogP contribution in [0.1, 0.15) is 12.6 Å². The van der Waals surface area contributed by atoms with Crippen molar-refractivity contribution in [1.29, 1.82) is 0 Å². The van der Waals surface area contributed by atoms with Crippen molar-refractivity contribution >= 4 is 11.3 Å². The number of nitrogens with zero attached hydrogens (tertiary/aromatic N) is 1. The predicted octanol–water partition coefficient (Wildman–Crippen LogP) is 3.17. The van der Waals surface area contributed by atoms with Crippen LogP contribution in [0.3, 0.4) is 0 Å². The van der Waals surface area contributed by atoms with Gasteiger partial charge in [0.15, 0.2) is 5.51 Å². The summed E-state index contributed by atoms with van der Waals surface area (Å²) in [5.74, 6) is 0. The molecule has 0 aliphatic heterocycles. The van der Waals surface area contributed by atoms with Crippen molar-refractivity contribution in [3.8, 4) is 10.4 Å². The zero-order valence-corrected chi connectivity index (χ0v) is 8.27. The Morgan fingerprint density at radius 1 is 1.31 bits per heavy atom. The highest BCUT2D eigenvalue weighted by Gasteiger charge is 2.05. The lowest BCUT2D eigenvalue weighted by Crippen LogP contribution is -1.82. The Morgan fingerprint density at radius 2 is 2.08 bits per heavy atom. The van der Waals surface area contributed by atoms with E-state index in [1.54, 1.807) is 11.3 Å². The molecule has 0 spiro atoms. The molecule has 1 nitrogen and oxygen atoms in total. The molecule has 0 aliphatic carbocycles. The van der Waals surface area contributed by atoms with Crippen molar-refractivity contribution in [1.82, 2.24) is 4.98 Å². The number of aromatic nitrogens is 1. The Morgan fingerprint density at radius 3 is 2.77 bits per heavy atom. The van der Waals surface area contributed by atoms with E-state index in [1.807, 2.05) is 6.07 Å². The van der Waals surface area contributed by atoms with Crippen molar-refractivity contribution in [3.63, 3.8) is 0 Å². The zero-order chi connectivity index (χ0) is 9.10.